The molecule has 0 amide bonds. The lowest BCUT2D eigenvalue weighted by molar-refractivity contribution is 0.0600. The molecule has 72 valence electrons. The Labute approximate surface area is 95.4 Å². The minimum atomic E-state index is -0.334. The van der Waals surface area contributed by atoms with Crippen LogP contribution < -0.4 is 0 Å². The molecule has 1 rings (SSSR count). The van der Waals surface area contributed by atoms with E-state index in [4.69, 9.17) is 0 Å². The van der Waals surface area contributed by atoms with E-state index in [0.29, 0.717) is 10.9 Å². The summed E-state index contributed by atoms with van der Waals surface area (Å²) in [6.07, 6.45) is 1.59. The van der Waals surface area contributed by atoms with Crippen molar-refractivity contribution in [2.75, 3.05) is 7.11 Å². The van der Waals surface area contributed by atoms with Gasteiger partial charge in [-0.1, -0.05) is 15.9 Å². The minimum absolute atomic E-state index is 0. The predicted molar refractivity (Wildman–Crippen MR) is 58.5 cm³/mol. The molecule has 0 atom stereocenters. The van der Waals surface area contributed by atoms with Crippen molar-refractivity contribution in [3.05, 3.63) is 29.6 Å². The standard InChI is InChI=1S/C8H8BrNO2.BrH/c1-12-8(11)6-2-3-10-7(4-6)5-9;/h2-4H,5H2,1H3;1H. The van der Waals surface area contributed by atoms with E-state index in [1.165, 1.54) is 7.11 Å². The molecule has 0 aliphatic rings. The summed E-state index contributed by atoms with van der Waals surface area (Å²) < 4.78 is 4.55. The topological polar surface area (TPSA) is 39.2 Å². The third kappa shape index (κ3) is 3.44. The van der Waals surface area contributed by atoms with Gasteiger partial charge in [-0.25, -0.2) is 4.79 Å². The highest BCUT2D eigenvalue weighted by molar-refractivity contribution is 9.08. The maximum atomic E-state index is 11.0. The fourth-order valence-electron chi connectivity index (χ4n) is 0.796. The second kappa shape index (κ2) is 6.10. The number of halogens is 2. The number of alkyl halides is 1. The van der Waals surface area contributed by atoms with Crippen molar-refractivity contribution < 1.29 is 9.53 Å². The van der Waals surface area contributed by atoms with Gasteiger partial charge in [0.2, 0.25) is 0 Å². The Morgan fingerprint density at radius 3 is 2.92 bits per heavy atom. The van der Waals surface area contributed by atoms with Crippen LogP contribution >= 0.6 is 32.9 Å². The van der Waals surface area contributed by atoms with Crippen LogP contribution in [0.25, 0.3) is 0 Å². The van der Waals surface area contributed by atoms with Gasteiger partial charge < -0.3 is 4.74 Å². The van der Waals surface area contributed by atoms with E-state index in [0.717, 1.165) is 5.69 Å². The Bertz CT molecular complexity index is 291. The van der Waals surface area contributed by atoms with Crippen molar-refractivity contribution in [1.29, 1.82) is 0 Å². The first-order valence-electron chi connectivity index (χ1n) is 3.37. The highest BCUT2D eigenvalue weighted by Gasteiger charge is 2.04. The van der Waals surface area contributed by atoms with Crippen LogP contribution in [-0.2, 0) is 10.1 Å². The summed E-state index contributed by atoms with van der Waals surface area (Å²) in [7, 11) is 1.36. The van der Waals surface area contributed by atoms with E-state index in [1.54, 1.807) is 18.3 Å². The van der Waals surface area contributed by atoms with Gasteiger partial charge in [-0.2, -0.15) is 0 Å². The third-order valence-corrected chi connectivity index (χ3v) is 1.95. The fourth-order valence-corrected chi connectivity index (χ4v) is 1.10. The summed E-state index contributed by atoms with van der Waals surface area (Å²) >= 11 is 3.25. The number of carbonyl (C=O) groups excluding carboxylic acids is 1. The van der Waals surface area contributed by atoms with Crippen LogP contribution in [0.15, 0.2) is 18.3 Å². The van der Waals surface area contributed by atoms with Crippen molar-refractivity contribution in [2.45, 2.75) is 5.33 Å². The van der Waals surface area contributed by atoms with E-state index in [1.807, 2.05) is 0 Å². The molecule has 0 aliphatic heterocycles. The summed E-state index contributed by atoms with van der Waals surface area (Å²) in [6.45, 7) is 0. The smallest absolute Gasteiger partial charge is 0.337 e. The molecule has 0 N–H and O–H groups in total. The summed E-state index contributed by atoms with van der Waals surface area (Å²) in [4.78, 5) is 15.0. The van der Waals surface area contributed by atoms with Gasteiger partial charge in [-0.15, -0.1) is 17.0 Å². The molecule has 0 spiro atoms. The lowest BCUT2D eigenvalue weighted by Crippen LogP contribution is -2.02. The second-order valence-electron chi connectivity index (χ2n) is 2.16. The second-order valence-corrected chi connectivity index (χ2v) is 2.72. The van der Waals surface area contributed by atoms with Gasteiger partial charge in [-0.05, 0) is 12.1 Å². The number of hydrogen-bond donors (Lipinski definition) is 0. The molecule has 0 saturated carbocycles. The van der Waals surface area contributed by atoms with Crippen molar-refractivity contribution in [3.63, 3.8) is 0 Å². The number of methoxy groups -OCH3 is 1. The van der Waals surface area contributed by atoms with Gasteiger partial charge in [0.15, 0.2) is 0 Å². The van der Waals surface area contributed by atoms with Crippen LogP contribution in [0.5, 0.6) is 0 Å². The lowest BCUT2D eigenvalue weighted by Gasteiger charge is -1.99. The number of ether oxygens (including phenoxy) is 1. The van der Waals surface area contributed by atoms with Crippen molar-refractivity contribution >= 4 is 38.9 Å². The van der Waals surface area contributed by atoms with Gasteiger partial charge in [0, 0.05) is 11.5 Å². The molecule has 0 radical (unpaired) electrons. The van der Waals surface area contributed by atoms with Gasteiger partial charge in [0.25, 0.3) is 0 Å². The van der Waals surface area contributed by atoms with Crippen LogP contribution in [0.4, 0.5) is 0 Å². The molecule has 13 heavy (non-hydrogen) atoms. The molecule has 1 heterocycles. The van der Waals surface area contributed by atoms with Crippen LogP contribution in [0.1, 0.15) is 16.1 Å². The minimum Gasteiger partial charge on any atom is -0.465 e. The number of nitrogens with zero attached hydrogens (tertiary/aromatic N) is 1. The Hall–Kier alpha value is -0.420. The molecule has 5 heteroatoms. The number of hydrogen-bond acceptors (Lipinski definition) is 3. The highest BCUT2D eigenvalue weighted by Crippen LogP contribution is 2.06. The molecule has 1 aromatic heterocycles. The van der Waals surface area contributed by atoms with E-state index < -0.39 is 0 Å². The van der Waals surface area contributed by atoms with Crippen LogP contribution in [-0.4, -0.2) is 18.1 Å². The highest BCUT2D eigenvalue weighted by atomic mass is 79.9. The summed E-state index contributed by atoms with van der Waals surface area (Å²) in [6, 6.07) is 3.32. The number of pyridine rings is 1. The van der Waals surface area contributed by atoms with Gasteiger partial charge >= 0.3 is 5.97 Å². The fraction of sp³-hybridized carbons (Fsp3) is 0.250. The van der Waals surface area contributed by atoms with E-state index in [2.05, 4.69) is 25.7 Å². The molecule has 0 aromatic carbocycles. The van der Waals surface area contributed by atoms with Gasteiger partial charge in [0.05, 0.1) is 18.4 Å². The first-order chi connectivity index (χ1) is 5.77. The first kappa shape index (κ1) is 12.6. The Morgan fingerprint density at radius 1 is 1.69 bits per heavy atom. The number of aromatic nitrogens is 1. The third-order valence-electron chi connectivity index (χ3n) is 1.37. The van der Waals surface area contributed by atoms with Crippen molar-refractivity contribution in [3.8, 4) is 0 Å². The molecule has 0 bridgehead atoms. The van der Waals surface area contributed by atoms with Gasteiger partial charge in [-0.3, -0.25) is 4.98 Å². The Kier molecular flexibility index (Phi) is 5.90. The van der Waals surface area contributed by atoms with Crippen LogP contribution in [0, 0.1) is 0 Å². The zero-order valence-corrected chi connectivity index (χ0v) is 10.3. The largest absolute Gasteiger partial charge is 0.465 e. The number of carbonyl (C=O) groups is 1. The predicted octanol–water partition coefficient (Wildman–Crippen LogP) is 2.34. The summed E-state index contributed by atoms with van der Waals surface area (Å²) in [5.74, 6) is -0.334. The number of rotatable bonds is 2. The first-order valence-corrected chi connectivity index (χ1v) is 4.49. The zero-order valence-electron chi connectivity index (χ0n) is 6.99. The maximum absolute atomic E-state index is 11.0. The Balaban J connectivity index is 0.00000144. The van der Waals surface area contributed by atoms with E-state index >= 15 is 0 Å². The Morgan fingerprint density at radius 2 is 2.38 bits per heavy atom. The quantitative estimate of drug-likeness (QED) is 0.622. The average molecular weight is 311 g/mol. The summed E-state index contributed by atoms with van der Waals surface area (Å²) in [5.41, 5.74) is 1.35. The van der Waals surface area contributed by atoms with E-state index in [9.17, 15) is 4.79 Å². The molecule has 3 nitrogen and oxygen atoms in total. The average Bonchev–Trinajstić information content (AvgIpc) is 2.17. The molecular weight excluding hydrogens is 302 g/mol. The zero-order chi connectivity index (χ0) is 8.97. The molecule has 0 unspecified atom stereocenters. The van der Waals surface area contributed by atoms with E-state index in [-0.39, 0.29) is 23.0 Å². The van der Waals surface area contributed by atoms with Crippen molar-refractivity contribution in [1.82, 2.24) is 4.98 Å². The molecule has 0 fully saturated rings. The SMILES string of the molecule is Br.COC(=O)c1ccnc(CBr)c1. The lowest BCUT2D eigenvalue weighted by atomic mass is 10.2. The van der Waals surface area contributed by atoms with Gasteiger partial charge in [0.1, 0.15) is 0 Å². The van der Waals surface area contributed by atoms with Crippen molar-refractivity contribution in [2.24, 2.45) is 0 Å². The van der Waals surface area contributed by atoms with Crippen LogP contribution in [0.2, 0.25) is 0 Å². The maximum Gasteiger partial charge on any atom is 0.337 e. The van der Waals surface area contributed by atoms with Crippen LogP contribution in [0.3, 0.4) is 0 Å². The molecule has 0 saturated heterocycles. The summed E-state index contributed by atoms with van der Waals surface area (Å²) in [5, 5.41) is 0.637. The normalized spacial score (nSPS) is 8.77. The molecular formula is C8H9Br2NO2. The monoisotopic (exact) mass is 309 g/mol. The molecule has 0 aliphatic carbocycles. The number of esters is 1. The molecule has 1 aromatic rings.